The van der Waals surface area contributed by atoms with Crippen molar-refractivity contribution in [3.63, 3.8) is 0 Å². The zero-order valence-electron chi connectivity index (χ0n) is 15.2. The molecule has 1 heterocycles. The minimum Gasteiger partial charge on any atom is -0.504 e. The highest BCUT2D eigenvalue weighted by Crippen LogP contribution is 2.47. The van der Waals surface area contributed by atoms with Gasteiger partial charge in [-0.25, -0.2) is 4.39 Å². The van der Waals surface area contributed by atoms with Crippen LogP contribution in [-0.4, -0.2) is 30.7 Å². The van der Waals surface area contributed by atoms with E-state index in [1.54, 1.807) is 18.2 Å². The first-order valence-corrected chi connectivity index (χ1v) is 9.01. The zero-order chi connectivity index (χ0) is 19.4. The Morgan fingerprint density at radius 1 is 1.30 bits per heavy atom. The number of hydrogen-bond donors (Lipinski definition) is 2. The van der Waals surface area contributed by atoms with E-state index >= 15 is 0 Å². The number of carbonyl (C=O) groups is 1. The molecule has 1 amide bonds. The van der Waals surface area contributed by atoms with E-state index in [4.69, 9.17) is 10.5 Å². The van der Waals surface area contributed by atoms with Gasteiger partial charge in [0.05, 0.1) is 17.7 Å². The first kappa shape index (κ1) is 18.8. The van der Waals surface area contributed by atoms with Gasteiger partial charge in [-0.1, -0.05) is 31.2 Å². The summed E-state index contributed by atoms with van der Waals surface area (Å²) in [5.74, 6) is -1.17. The highest BCUT2D eigenvalue weighted by molar-refractivity contribution is 6.01. The summed E-state index contributed by atoms with van der Waals surface area (Å²) in [6.07, 6.45) is 5.73. The molecule has 3 N–H and O–H groups in total. The Morgan fingerprint density at radius 2 is 2.04 bits per heavy atom. The van der Waals surface area contributed by atoms with Gasteiger partial charge in [0.1, 0.15) is 5.82 Å². The third-order valence-electron chi connectivity index (χ3n) is 4.48. The van der Waals surface area contributed by atoms with E-state index in [2.05, 4.69) is 11.0 Å². The lowest BCUT2D eigenvalue weighted by Crippen LogP contribution is -2.28. The maximum Gasteiger partial charge on any atom is 0.252 e. The minimum atomic E-state index is -0.728. The number of benzene rings is 2. The predicted octanol–water partition coefficient (Wildman–Crippen LogP) is 3.85. The number of nitrogens with two attached hydrogens (primary N) is 1. The standard InChI is InChI=1S/C21H23FN2O3/c1-2-12-27-20-18(14-6-8-15(22)9-7-14)17(24-10-4-3-5-11-24)13-16(19(20)25)21(23)26/h3-4,6-9,13,25H,2,5,10-12H2,1H3,(H2,23,26). The van der Waals surface area contributed by atoms with Crippen LogP contribution in [0.2, 0.25) is 0 Å². The maximum absolute atomic E-state index is 13.4. The van der Waals surface area contributed by atoms with E-state index in [0.717, 1.165) is 25.1 Å². The Balaban J connectivity index is 2.27. The number of phenols is 1. The molecule has 142 valence electrons. The number of carbonyl (C=O) groups excluding carboxylic acids is 1. The summed E-state index contributed by atoms with van der Waals surface area (Å²) in [6.45, 7) is 3.72. The van der Waals surface area contributed by atoms with Crippen molar-refractivity contribution in [2.45, 2.75) is 19.8 Å². The fraction of sp³-hybridized carbons (Fsp3) is 0.286. The molecule has 1 aliphatic heterocycles. The van der Waals surface area contributed by atoms with Crippen LogP contribution in [0.3, 0.4) is 0 Å². The molecule has 0 atom stereocenters. The molecule has 0 aliphatic carbocycles. The van der Waals surface area contributed by atoms with Crippen LogP contribution in [0.1, 0.15) is 30.1 Å². The van der Waals surface area contributed by atoms with Gasteiger partial charge in [-0.05, 0) is 36.6 Å². The van der Waals surface area contributed by atoms with E-state index < -0.39 is 5.91 Å². The second kappa shape index (κ2) is 8.12. The van der Waals surface area contributed by atoms with Gasteiger partial charge in [0.15, 0.2) is 11.5 Å². The lowest BCUT2D eigenvalue weighted by atomic mass is 9.97. The van der Waals surface area contributed by atoms with E-state index in [0.29, 0.717) is 24.3 Å². The molecule has 6 heteroatoms. The predicted molar refractivity (Wildman–Crippen MR) is 104 cm³/mol. The van der Waals surface area contributed by atoms with Crippen molar-refractivity contribution >= 4 is 11.6 Å². The van der Waals surface area contributed by atoms with Crippen LogP contribution in [0.15, 0.2) is 42.5 Å². The fourth-order valence-electron chi connectivity index (χ4n) is 3.17. The van der Waals surface area contributed by atoms with E-state index in [1.807, 2.05) is 13.0 Å². The lowest BCUT2D eigenvalue weighted by molar-refractivity contribution is 0.0997. The highest BCUT2D eigenvalue weighted by atomic mass is 19.1. The quantitative estimate of drug-likeness (QED) is 0.757. The van der Waals surface area contributed by atoms with Gasteiger partial charge < -0.3 is 20.5 Å². The van der Waals surface area contributed by atoms with Gasteiger partial charge in [0.2, 0.25) is 0 Å². The second-order valence-electron chi connectivity index (χ2n) is 6.42. The molecule has 3 rings (SSSR count). The summed E-state index contributed by atoms with van der Waals surface area (Å²) >= 11 is 0. The SMILES string of the molecule is CCCOc1c(O)c(C(N)=O)cc(N2CC=CCC2)c1-c1ccc(F)cc1. The third-order valence-corrected chi connectivity index (χ3v) is 4.48. The summed E-state index contributed by atoms with van der Waals surface area (Å²) in [6, 6.07) is 7.58. The molecule has 0 radical (unpaired) electrons. The lowest BCUT2D eigenvalue weighted by Gasteiger charge is -2.30. The molecule has 1 aliphatic rings. The fourth-order valence-corrected chi connectivity index (χ4v) is 3.17. The van der Waals surface area contributed by atoms with Crippen LogP contribution in [0, 0.1) is 5.82 Å². The van der Waals surface area contributed by atoms with Crippen LogP contribution in [0.25, 0.3) is 11.1 Å². The second-order valence-corrected chi connectivity index (χ2v) is 6.42. The van der Waals surface area contributed by atoms with Crippen molar-refractivity contribution in [1.29, 1.82) is 0 Å². The normalized spacial score (nSPS) is 13.6. The van der Waals surface area contributed by atoms with Crippen LogP contribution >= 0.6 is 0 Å². The van der Waals surface area contributed by atoms with Crippen LogP contribution in [-0.2, 0) is 0 Å². The van der Waals surface area contributed by atoms with Crippen molar-refractivity contribution in [2.75, 3.05) is 24.6 Å². The molecule has 0 fully saturated rings. The van der Waals surface area contributed by atoms with E-state index in [1.165, 1.54) is 12.1 Å². The average Bonchev–Trinajstić information content (AvgIpc) is 2.68. The topological polar surface area (TPSA) is 75.8 Å². The van der Waals surface area contributed by atoms with Gasteiger partial charge in [0, 0.05) is 18.8 Å². The first-order valence-electron chi connectivity index (χ1n) is 9.01. The molecule has 27 heavy (non-hydrogen) atoms. The van der Waals surface area contributed by atoms with E-state index in [-0.39, 0.29) is 22.9 Å². The number of ether oxygens (including phenoxy) is 1. The number of rotatable bonds is 6. The Labute approximate surface area is 157 Å². The summed E-state index contributed by atoms with van der Waals surface area (Å²) in [7, 11) is 0. The number of amides is 1. The molecule has 2 aromatic rings. The van der Waals surface area contributed by atoms with Crippen molar-refractivity contribution in [3.8, 4) is 22.6 Å². The van der Waals surface area contributed by atoms with Crippen molar-refractivity contribution in [2.24, 2.45) is 5.73 Å². The average molecular weight is 370 g/mol. The largest absolute Gasteiger partial charge is 0.504 e. The van der Waals surface area contributed by atoms with Crippen LogP contribution in [0.5, 0.6) is 11.5 Å². The highest BCUT2D eigenvalue weighted by Gasteiger charge is 2.25. The molecular weight excluding hydrogens is 347 g/mol. The van der Waals surface area contributed by atoms with E-state index in [9.17, 15) is 14.3 Å². The molecule has 0 saturated heterocycles. The van der Waals surface area contributed by atoms with Gasteiger partial charge in [-0.2, -0.15) is 0 Å². The number of primary amides is 1. The van der Waals surface area contributed by atoms with Crippen molar-refractivity contribution in [1.82, 2.24) is 0 Å². The van der Waals surface area contributed by atoms with Crippen LogP contribution < -0.4 is 15.4 Å². The molecule has 5 nitrogen and oxygen atoms in total. The van der Waals surface area contributed by atoms with Crippen LogP contribution in [0.4, 0.5) is 10.1 Å². The monoisotopic (exact) mass is 370 g/mol. The Kier molecular flexibility index (Phi) is 5.64. The molecule has 0 aromatic heterocycles. The third kappa shape index (κ3) is 3.89. The number of nitrogens with zero attached hydrogens (tertiary/aromatic N) is 1. The summed E-state index contributed by atoms with van der Waals surface area (Å²) in [5.41, 5.74) is 7.54. The first-order chi connectivity index (χ1) is 13.0. The number of hydrogen-bond acceptors (Lipinski definition) is 4. The molecule has 0 bridgehead atoms. The Hall–Kier alpha value is -3.02. The zero-order valence-corrected chi connectivity index (χ0v) is 15.2. The number of anilines is 1. The maximum atomic E-state index is 13.4. The Morgan fingerprint density at radius 3 is 2.63 bits per heavy atom. The summed E-state index contributed by atoms with van der Waals surface area (Å²) in [4.78, 5) is 14.0. The number of halogens is 1. The Bertz CT molecular complexity index is 863. The smallest absolute Gasteiger partial charge is 0.252 e. The van der Waals surface area contributed by atoms with Crippen molar-refractivity contribution in [3.05, 3.63) is 53.9 Å². The van der Waals surface area contributed by atoms with Gasteiger partial charge in [-0.15, -0.1) is 0 Å². The van der Waals surface area contributed by atoms with Gasteiger partial charge >= 0.3 is 0 Å². The van der Waals surface area contributed by atoms with Crippen molar-refractivity contribution < 1.29 is 19.0 Å². The minimum absolute atomic E-state index is 0.0107. The molecular formula is C21H23FN2O3. The van der Waals surface area contributed by atoms with Gasteiger partial charge in [0.25, 0.3) is 5.91 Å². The molecule has 0 saturated carbocycles. The molecule has 0 unspecified atom stereocenters. The summed E-state index contributed by atoms with van der Waals surface area (Å²) in [5, 5.41) is 10.7. The summed E-state index contributed by atoms with van der Waals surface area (Å²) < 4.78 is 19.3. The molecule has 2 aromatic carbocycles. The van der Waals surface area contributed by atoms with Gasteiger partial charge in [-0.3, -0.25) is 4.79 Å². The number of aromatic hydroxyl groups is 1. The molecule has 0 spiro atoms.